The van der Waals surface area contributed by atoms with Crippen LogP contribution in [0.5, 0.6) is 11.5 Å². The summed E-state index contributed by atoms with van der Waals surface area (Å²) < 4.78 is 12.3. The number of likely N-dealkylation sites (N-methyl/N-ethyl adjacent to an activating group) is 1. The average molecular weight is 879 g/mol. The SMILES string of the molecule is CCCCCCCCc1cccc(C(=O)C[C@@H](CCCCN)C(=O)N(C)[C@@H]2C(=O)C[C@@H](C)C(=O)N[C@H](C(=O)CCC#N)Cc3ccc(OCCN)c(c3)-c3cc2ccc3OCCN)c1. The molecule has 3 aromatic carbocycles. The molecule has 0 spiro atoms. The van der Waals surface area contributed by atoms with Gasteiger partial charge in [-0.3, -0.25) is 24.0 Å². The number of hydrogen-bond acceptors (Lipinski definition) is 11. The maximum Gasteiger partial charge on any atom is 0.226 e. The van der Waals surface area contributed by atoms with Gasteiger partial charge in [0, 0.05) is 74.3 Å². The van der Waals surface area contributed by atoms with Gasteiger partial charge in [0.05, 0.1) is 12.1 Å². The number of rotatable bonds is 25. The van der Waals surface area contributed by atoms with Crippen LogP contribution in [0.2, 0.25) is 0 Å². The van der Waals surface area contributed by atoms with Crippen molar-refractivity contribution in [1.29, 1.82) is 5.26 Å². The minimum absolute atomic E-state index is 0.0164. The smallest absolute Gasteiger partial charge is 0.226 e. The number of ether oxygens (including phenoxy) is 2. The lowest BCUT2D eigenvalue weighted by molar-refractivity contribution is -0.142. The van der Waals surface area contributed by atoms with Gasteiger partial charge < -0.3 is 36.9 Å². The Kier molecular flexibility index (Phi) is 21.6. The zero-order valence-corrected chi connectivity index (χ0v) is 38.2. The van der Waals surface area contributed by atoms with Crippen LogP contribution >= 0.6 is 0 Å². The van der Waals surface area contributed by atoms with Crippen molar-refractivity contribution in [1.82, 2.24) is 10.2 Å². The Morgan fingerprint density at radius 1 is 0.844 bits per heavy atom. The maximum absolute atomic E-state index is 14.9. The highest BCUT2D eigenvalue weighted by molar-refractivity contribution is 6.00. The number of aryl methyl sites for hydroxylation is 1. The highest BCUT2D eigenvalue weighted by Gasteiger charge is 2.36. The summed E-state index contributed by atoms with van der Waals surface area (Å²) in [6.07, 6.45) is 9.28. The second-order valence-electron chi connectivity index (χ2n) is 17.0. The third-order valence-corrected chi connectivity index (χ3v) is 11.9. The molecule has 0 unspecified atom stereocenters. The predicted octanol–water partition coefficient (Wildman–Crippen LogP) is 6.96. The topological polar surface area (TPSA) is 221 Å². The van der Waals surface area contributed by atoms with Gasteiger partial charge in [-0.05, 0) is 85.7 Å². The number of nitrogens with zero attached hydrogens (tertiary/aromatic N) is 2. The van der Waals surface area contributed by atoms with E-state index in [1.165, 1.54) is 30.6 Å². The summed E-state index contributed by atoms with van der Waals surface area (Å²) in [6.45, 7) is 5.09. The summed E-state index contributed by atoms with van der Waals surface area (Å²) in [5.41, 5.74) is 21.5. The first kappa shape index (κ1) is 51.2. The van der Waals surface area contributed by atoms with Crippen LogP contribution in [-0.2, 0) is 32.0 Å². The fourth-order valence-electron chi connectivity index (χ4n) is 8.33. The Hall–Kier alpha value is -5.42. The lowest BCUT2D eigenvalue weighted by Gasteiger charge is -2.32. The van der Waals surface area contributed by atoms with Crippen molar-refractivity contribution < 1.29 is 33.4 Å². The first-order valence-corrected chi connectivity index (χ1v) is 23.2. The third-order valence-electron chi connectivity index (χ3n) is 11.9. The van der Waals surface area contributed by atoms with Crippen molar-refractivity contribution in [2.45, 2.75) is 122 Å². The van der Waals surface area contributed by atoms with Gasteiger partial charge >= 0.3 is 0 Å². The molecule has 1 heterocycles. The third kappa shape index (κ3) is 15.1. The fourth-order valence-corrected chi connectivity index (χ4v) is 8.33. The minimum Gasteiger partial charge on any atom is -0.492 e. The van der Waals surface area contributed by atoms with Crippen LogP contribution in [0.1, 0.15) is 130 Å². The zero-order chi connectivity index (χ0) is 46.4. The molecule has 13 heteroatoms. The van der Waals surface area contributed by atoms with E-state index in [2.05, 4.69) is 12.2 Å². The molecule has 13 nitrogen and oxygen atoms in total. The number of fused-ring (bicyclic) bond motifs is 5. The van der Waals surface area contributed by atoms with Crippen molar-refractivity contribution in [3.63, 3.8) is 0 Å². The number of nitrogens with two attached hydrogens (primary N) is 3. The molecule has 4 atom stereocenters. The summed E-state index contributed by atoms with van der Waals surface area (Å²) in [5.74, 6) is -2.50. The lowest BCUT2D eigenvalue weighted by Crippen LogP contribution is -2.45. The second kappa shape index (κ2) is 27.0. The Bertz CT molecular complexity index is 2060. The molecule has 0 aromatic heterocycles. The summed E-state index contributed by atoms with van der Waals surface area (Å²) in [6, 6.07) is 18.2. The van der Waals surface area contributed by atoms with Crippen LogP contribution in [0.4, 0.5) is 0 Å². The number of carbonyl (C=O) groups excluding carboxylic acids is 5. The quantitative estimate of drug-likeness (QED) is 0.0503. The normalized spacial score (nSPS) is 16.8. The number of amides is 2. The molecule has 4 bridgehead atoms. The lowest BCUT2D eigenvalue weighted by atomic mass is 9.87. The van der Waals surface area contributed by atoms with Crippen molar-refractivity contribution in [2.24, 2.45) is 29.0 Å². The number of unbranched alkanes of at least 4 members (excludes halogenated alkanes) is 6. The summed E-state index contributed by atoms with van der Waals surface area (Å²) in [4.78, 5) is 72.4. The van der Waals surface area contributed by atoms with E-state index in [0.29, 0.717) is 65.1 Å². The molecule has 1 aliphatic rings. The van der Waals surface area contributed by atoms with E-state index in [4.69, 9.17) is 26.7 Å². The van der Waals surface area contributed by atoms with Crippen LogP contribution < -0.4 is 32.0 Å². The molecule has 4 rings (SSSR count). The number of ketones is 3. The Labute approximate surface area is 379 Å². The molecule has 0 aliphatic carbocycles. The number of nitriles is 1. The molecule has 0 saturated carbocycles. The van der Waals surface area contributed by atoms with Crippen molar-refractivity contribution in [2.75, 3.05) is 39.9 Å². The molecule has 346 valence electrons. The molecule has 0 saturated heterocycles. The molecular weight excluding hydrogens is 809 g/mol. The van der Waals surface area contributed by atoms with Crippen LogP contribution in [-0.4, -0.2) is 80.0 Å². The minimum atomic E-state index is -1.18. The van der Waals surface area contributed by atoms with Crippen LogP contribution in [0.3, 0.4) is 0 Å². The van der Waals surface area contributed by atoms with Gasteiger partial charge in [-0.25, -0.2) is 0 Å². The molecule has 0 fully saturated rings. The number of nitrogens with one attached hydrogen (secondary N) is 1. The largest absolute Gasteiger partial charge is 0.492 e. The first-order valence-electron chi connectivity index (χ1n) is 23.2. The average Bonchev–Trinajstić information content (AvgIpc) is 3.29. The summed E-state index contributed by atoms with van der Waals surface area (Å²) in [5, 5.41) is 12.1. The van der Waals surface area contributed by atoms with Gasteiger partial charge in [0.2, 0.25) is 11.8 Å². The Morgan fingerprint density at radius 2 is 1.53 bits per heavy atom. The standard InChI is InChI=1S/C51H70N6O7/c1-4-5-6-7-8-9-14-36-15-12-17-38(30-36)45(59)34-40(16-10-11-23-52)51(62)57(3)49-39-20-22-48(64-28-26-55)42(33-39)41-31-37(19-21-47(41)63-27-25-54)32-43(44(58)18-13-24-53)56-50(61)35(2)29-46(49)60/h12,15,17,19-22,30-31,33,35,40,43,49H,4-11,13-14,16,18,23,25-29,32,34,52,54-55H2,1-3H3,(H,56,61)/t35-,40-,43+,49+/m1/s1. The van der Waals surface area contributed by atoms with Crippen LogP contribution in [0.15, 0.2) is 60.7 Å². The first-order chi connectivity index (χ1) is 30.9. The van der Waals surface area contributed by atoms with Crippen LogP contribution in [0, 0.1) is 23.2 Å². The molecule has 2 amide bonds. The van der Waals surface area contributed by atoms with Crippen molar-refractivity contribution >= 4 is 29.2 Å². The Balaban J connectivity index is 1.79. The van der Waals surface area contributed by atoms with Gasteiger partial charge in [-0.2, -0.15) is 5.26 Å². The second-order valence-corrected chi connectivity index (χ2v) is 17.0. The van der Waals surface area contributed by atoms with Crippen molar-refractivity contribution in [3.05, 3.63) is 82.9 Å². The van der Waals surface area contributed by atoms with E-state index in [9.17, 15) is 29.2 Å². The molecule has 1 aliphatic heterocycles. The van der Waals surface area contributed by atoms with Crippen molar-refractivity contribution in [3.8, 4) is 28.7 Å². The zero-order valence-electron chi connectivity index (χ0n) is 38.2. The number of Topliss-reactive ketones (excluding diaryl/α,β-unsaturated/α-hetero) is 3. The highest BCUT2D eigenvalue weighted by atomic mass is 16.5. The predicted molar refractivity (Wildman–Crippen MR) is 250 cm³/mol. The number of hydrogen-bond donors (Lipinski definition) is 4. The van der Waals surface area contributed by atoms with E-state index >= 15 is 0 Å². The summed E-state index contributed by atoms with van der Waals surface area (Å²) in [7, 11) is 1.57. The van der Waals surface area contributed by atoms with Gasteiger partial charge in [0.25, 0.3) is 0 Å². The molecule has 3 aromatic rings. The molecular formula is C51H70N6O7. The summed E-state index contributed by atoms with van der Waals surface area (Å²) >= 11 is 0. The van der Waals surface area contributed by atoms with E-state index in [-0.39, 0.29) is 75.9 Å². The van der Waals surface area contributed by atoms with Gasteiger partial charge in [0.15, 0.2) is 17.3 Å². The van der Waals surface area contributed by atoms with Gasteiger partial charge in [-0.15, -0.1) is 0 Å². The molecule has 0 radical (unpaired) electrons. The van der Waals surface area contributed by atoms with E-state index < -0.39 is 35.6 Å². The Morgan fingerprint density at radius 3 is 2.22 bits per heavy atom. The number of benzene rings is 3. The van der Waals surface area contributed by atoms with E-state index in [1.54, 1.807) is 44.3 Å². The number of carbonyl (C=O) groups is 5. The fraction of sp³-hybridized carbons (Fsp3) is 0.529. The monoisotopic (exact) mass is 879 g/mol. The molecule has 7 N–H and O–H groups in total. The molecule has 64 heavy (non-hydrogen) atoms. The maximum atomic E-state index is 14.9. The van der Waals surface area contributed by atoms with E-state index in [1.807, 2.05) is 36.4 Å². The highest BCUT2D eigenvalue weighted by Crippen LogP contribution is 2.41. The van der Waals surface area contributed by atoms with E-state index in [0.717, 1.165) is 24.8 Å². The van der Waals surface area contributed by atoms with Crippen LogP contribution in [0.25, 0.3) is 11.1 Å². The van der Waals surface area contributed by atoms with Gasteiger partial charge in [0.1, 0.15) is 30.8 Å². The van der Waals surface area contributed by atoms with Gasteiger partial charge in [-0.1, -0.05) is 82.7 Å².